The Balaban J connectivity index is 1.50. The van der Waals surface area contributed by atoms with Crippen LogP contribution in [0.3, 0.4) is 0 Å². The zero-order chi connectivity index (χ0) is 17.8. The maximum atomic E-state index is 12.4. The zero-order valence-corrected chi connectivity index (χ0v) is 18.5. The topological polar surface area (TPSA) is 42.9 Å². The van der Waals surface area contributed by atoms with Gasteiger partial charge in [-0.2, -0.15) is 0 Å². The molecule has 0 atom stereocenters. The molecule has 136 valence electrons. The third kappa shape index (κ3) is 10.2. The molecule has 0 aliphatic heterocycles. The van der Waals surface area contributed by atoms with Crippen molar-refractivity contribution in [3.63, 3.8) is 0 Å². The molecule has 0 aromatic carbocycles. The summed E-state index contributed by atoms with van der Waals surface area (Å²) in [5.41, 5.74) is 0. The number of hydrogen-bond acceptors (Lipinski definition) is 7. The highest BCUT2D eigenvalue weighted by atomic mass is 35.7. The van der Waals surface area contributed by atoms with Crippen molar-refractivity contribution in [3.8, 4) is 0 Å². The van der Waals surface area contributed by atoms with Crippen LogP contribution in [0.1, 0.15) is 12.8 Å². The van der Waals surface area contributed by atoms with Crippen molar-refractivity contribution in [2.24, 2.45) is 0 Å². The van der Waals surface area contributed by atoms with E-state index in [1.807, 2.05) is 36.4 Å². The molecule has 0 radical (unpaired) electrons. The first-order valence-electron chi connectivity index (χ1n) is 7.84. The summed E-state index contributed by atoms with van der Waals surface area (Å²) in [4.78, 5) is 8.52. The molecule has 2 heterocycles. The van der Waals surface area contributed by atoms with Gasteiger partial charge in [-0.3, -0.25) is 0 Å². The lowest BCUT2D eigenvalue weighted by Gasteiger charge is -2.10. The molecule has 0 fully saturated rings. The predicted octanol–water partition coefficient (Wildman–Crippen LogP) is 6.95. The fraction of sp³-hybridized carbons (Fsp3) is 0.375. The summed E-state index contributed by atoms with van der Waals surface area (Å²) < 4.78 is 12.4. The fourth-order valence-corrected chi connectivity index (χ4v) is 8.39. The Morgan fingerprint density at radius 2 is 1.32 bits per heavy atom. The van der Waals surface area contributed by atoms with Gasteiger partial charge in [-0.05, 0) is 58.7 Å². The summed E-state index contributed by atoms with van der Waals surface area (Å²) >= 11 is 6.23. The Bertz CT molecular complexity index is 598. The molecule has 3 nitrogen and oxygen atoms in total. The normalized spacial score (nSPS) is 11.6. The zero-order valence-electron chi connectivity index (χ0n) is 13.6. The number of pyridine rings is 2. The second-order valence-electron chi connectivity index (χ2n) is 5.09. The fourth-order valence-electron chi connectivity index (χ4n) is 1.83. The second kappa shape index (κ2) is 12.6. The Hall–Kier alpha value is 0.220. The molecule has 0 saturated carbocycles. The number of halogens is 1. The van der Waals surface area contributed by atoms with E-state index in [-0.39, 0.29) is 0 Å². The third-order valence-corrected chi connectivity index (χ3v) is 10.7. The maximum absolute atomic E-state index is 12.4. The van der Waals surface area contributed by atoms with Crippen LogP contribution in [0.5, 0.6) is 0 Å². The SMILES string of the molecule is O=P(Cl)(CCCSSc1ccccn1)CCCSSc1ccccn1. The van der Waals surface area contributed by atoms with Crippen molar-refractivity contribution < 1.29 is 4.57 Å². The van der Waals surface area contributed by atoms with Gasteiger partial charge in [0.2, 0.25) is 0 Å². The van der Waals surface area contributed by atoms with Crippen LogP contribution in [0.25, 0.3) is 0 Å². The van der Waals surface area contributed by atoms with E-state index in [4.69, 9.17) is 11.2 Å². The van der Waals surface area contributed by atoms with Gasteiger partial charge >= 0.3 is 0 Å². The highest BCUT2D eigenvalue weighted by molar-refractivity contribution is 8.77. The van der Waals surface area contributed by atoms with Gasteiger partial charge < -0.3 is 4.57 Å². The van der Waals surface area contributed by atoms with Gasteiger partial charge in [-0.25, -0.2) is 9.97 Å². The van der Waals surface area contributed by atoms with E-state index < -0.39 is 6.49 Å². The van der Waals surface area contributed by atoms with E-state index >= 15 is 0 Å². The van der Waals surface area contributed by atoms with E-state index in [9.17, 15) is 4.57 Å². The van der Waals surface area contributed by atoms with Gasteiger partial charge in [0.05, 0.1) is 0 Å². The van der Waals surface area contributed by atoms with Crippen molar-refractivity contribution in [2.75, 3.05) is 23.8 Å². The van der Waals surface area contributed by atoms with Crippen LogP contribution in [-0.2, 0) is 4.57 Å². The minimum absolute atomic E-state index is 0.613. The molecule has 0 aliphatic carbocycles. The Morgan fingerprint density at radius 3 is 1.72 bits per heavy atom. The van der Waals surface area contributed by atoms with Crippen LogP contribution < -0.4 is 0 Å². The van der Waals surface area contributed by atoms with Gasteiger partial charge in [0.15, 0.2) is 6.49 Å². The van der Waals surface area contributed by atoms with Gasteiger partial charge in [-0.1, -0.05) is 45.0 Å². The lowest BCUT2D eigenvalue weighted by molar-refractivity contribution is 0.582. The molecule has 2 aromatic heterocycles. The van der Waals surface area contributed by atoms with Crippen LogP contribution in [0.15, 0.2) is 58.8 Å². The van der Waals surface area contributed by atoms with Crippen LogP contribution in [0.2, 0.25) is 0 Å². The van der Waals surface area contributed by atoms with Crippen molar-refractivity contribution >= 4 is 60.9 Å². The molecule has 0 amide bonds. The summed E-state index contributed by atoms with van der Waals surface area (Å²) in [5, 5.41) is 2.01. The van der Waals surface area contributed by atoms with Crippen molar-refractivity contribution in [1.29, 1.82) is 0 Å². The molecule has 0 bridgehead atoms. The van der Waals surface area contributed by atoms with Crippen LogP contribution in [0.4, 0.5) is 0 Å². The summed E-state index contributed by atoms with van der Waals surface area (Å²) in [5.74, 6) is 1.87. The number of aromatic nitrogens is 2. The summed E-state index contributed by atoms with van der Waals surface area (Å²) in [6, 6.07) is 11.8. The molecule has 2 rings (SSSR count). The molecule has 0 N–H and O–H groups in total. The van der Waals surface area contributed by atoms with E-state index in [0.29, 0.717) is 12.3 Å². The van der Waals surface area contributed by atoms with Crippen LogP contribution in [-0.4, -0.2) is 33.8 Å². The van der Waals surface area contributed by atoms with Crippen molar-refractivity contribution in [1.82, 2.24) is 9.97 Å². The maximum Gasteiger partial charge on any atom is 0.169 e. The molecule has 0 spiro atoms. The molecular weight excluding hydrogens is 431 g/mol. The lowest BCUT2D eigenvalue weighted by Crippen LogP contribution is -1.93. The number of rotatable bonds is 12. The standard InChI is InChI=1S/C16H20ClN2OPS4/c17-21(20,11-5-13-22-24-15-7-1-3-9-18-15)12-6-14-23-25-16-8-2-4-10-19-16/h1-4,7-10H,5-6,11-14H2. The number of nitrogens with zero attached hydrogens (tertiary/aromatic N) is 2. The minimum atomic E-state index is -2.52. The average molecular weight is 451 g/mol. The molecule has 0 saturated heterocycles. The average Bonchev–Trinajstić information content (AvgIpc) is 2.63. The molecule has 2 aromatic rings. The van der Waals surface area contributed by atoms with Gasteiger partial charge in [0, 0.05) is 36.2 Å². The Kier molecular flexibility index (Phi) is 10.8. The van der Waals surface area contributed by atoms with E-state index in [0.717, 1.165) is 34.4 Å². The molecule has 9 heteroatoms. The predicted molar refractivity (Wildman–Crippen MR) is 118 cm³/mol. The van der Waals surface area contributed by atoms with Gasteiger partial charge in [-0.15, -0.1) is 0 Å². The first kappa shape index (κ1) is 21.5. The lowest BCUT2D eigenvalue weighted by atomic mass is 10.5. The largest absolute Gasteiger partial charge is 0.307 e. The molecule has 0 aliphatic rings. The van der Waals surface area contributed by atoms with Crippen molar-refractivity contribution in [3.05, 3.63) is 48.8 Å². The highest BCUT2D eigenvalue weighted by Crippen LogP contribution is 2.52. The number of hydrogen-bond donors (Lipinski definition) is 0. The molecular formula is C16H20ClN2OPS4. The van der Waals surface area contributed by atoms with Crippen molar-refractivity contribution in [2.45, 2.75) is 22.9 Å². The summed E-state index contributed by atoms with van der Waals surface area (Å²) in [6.45, 7) is -2.52. The molecule has 0 unspecified atom stereocenters. The Labute approximate surface area is 170 Å². The van der Waals surface area contributed by atoms with E-state index in [2.05, 4.69) is 9.97 Å². The van der Waals surface area contributed by atoms with E-state index in [1.165, 1.54) is 0 Å². The highest BCUT2D eigenvalue weighted by Gasteiger charge is 2.17. The first-order valence-corrected chi connectivity index (χ1v) is 15.5. The third-order valence-electron chi connectivity index (χ3n) is 3.00. The first-order chi connectivity index (χ1) is 12.2. The molecule has 25 heavy (non-hydrogen) atoms. The van der Waals surface area contributed by atoms with Crippen LogP contribution in [0, 0.1) is 0 Å². The van der Waals surface area contributed by atoms with Gasteiger partial charge in [0.1, 0.15) is 10.1 Å². The van der Waals surface area contributed by atoms with Gasteiger partial charge in [0.25, 0.3) is 0 Å². The van der Waals surface area contributed by atoms with Crippen LogP contribution >= 0.6 is 60.9 Å². The summed E-state index contributed by atoms with van der Waals surface area (Å²) in [7, 11) is 6.78. The smallest absolute Gasteiger partial charge is 0.169 e. The second-order valence-corrected chi connectivity index (χ2v) is 14.3. The van der Waals surface area contributed by atoms with E-state index in [1.54, 1.807) is 55.6 Å². The summed E-state index contributed by atoms with van der Waals surface area (Å²) in [6.07, 6.45) is 6.56. The Morgan fingerprint density at radius 1 is 0.840 bits per heavy atom. The monoisotopic (exact) mass is 450 g/mol. The minimum Gasteiger partial charge on any atom is -0.307 e. The quantitative estimate of drug-likeness (QED) is 0.197.